The van der Waals surface area contributed by atoms with Crippen molar-refractivity contribution in [3.05, 3.63) is 0 Å². The Morgan fingerprint density at radius 1 is 1.12 bits per heavy atom. The summed E-state index contributed by atoms with van der Waals surface area (Å²) in [6.45, 7) is 2.51. The Hall–Kier alpha value is -0.140. The number of hydrogen-bond donors (Lipinski definition) is 2. The van der Waals surface area contributed by atoms with Gasteiger partial charge >= 0.3 is 12.1 Å². The minimum Gasteiger partial charge on any atom is -0.389 e. The van der Waals surface area contributed by atoms with E-state index < -0.39 is 36.6 Å². The van der Waals surface area contributed by atoms with E-state index in [0.717, 1.165) is 0 Å². The van der Waals surface area contributed by atoms with Crippen molar-refractivity contribution in [2.45, 2.75) is 50.4 Å². The quantitative estimate of drug-likeness (QED) is 0.772. The molecular formula is C8H15ClF5NO. The zero-order valence-electron chi connectivity index (χ0n) is 8.81. The Kier molecular flexibility index (Phi) is 6.22. The van der Waals surface area contributed by atoms with E-state index in [0.29, 0.717) is 0 Å². The highest BCUT2D eigenvalue weighted by molar-refractivity contribution is 5.85. The lowest BCUT2D eigenvalue weighted by Crippen LogP contribution is -2.45. The minimum atomic E-state index is -5.56. The molecule has 0 bridgehead atoms. The van der Waals surface area contributed by atoms with Gasteiger partial charge in [-0.15, -0.1) is 12.4 Å². The second-order valence-corrected chi connectivity index (χ2v) is 4.00. The molecule has 0 aliphatic heterocycles. The molecule has 0 fully saturated rings. The van der Waals surface area contributed by atoms with Gasteiger partial charge < -0.3 is 10.8 Å². The normalized spacial score (nSPS) is 15.6. The van der Waals surface area contributed by atoms with Crippen molar-refractivity contribution in [2.75, 3.05) is 0 Å². The predicted molar refractivity (Wildman–Crippen MR) is 51.8 cm³/mol. The van der Waals surface area contributed by atoms with Gasteiger partial charge in [0.05, 0.1) is 5.60 Å². The van der Waals surface area contributed by atoms with Crippen molar-refractivity contribution < 1.29 is 27.1 Å². The molecule has 0 rings (SSSR count). The number of hydrogen-bond acceptors (Lipinski definition) is 2. The highest BCUT2D eigenvalue weighted by atomic mass is 35.5. The summed E-state index contributed by atoms with van der Waals surface area (Å²) in [6, 6.07) is -1.12. The van der Waals surface area contributed by atoms with Gasteiger partial charge in [-0.3, -0.25) is 0 Å². The second-order valence-electron chi connectivity index (χ2n) is 4.00. The first kappa shape index (κ1) is 18.2. The molecule has 1 atom stereocenters. The van der Waals surface area contributed by atoms with Crippen LogP contribution in [-0.2, 0) is 0 Å². The largest absolute Gasteiger partial charge is 0.453 e. The van der Waals surface area contributed by atoms with E-state index in [4.69, 9.17) is 5.73 Å². The fourth-order valence-corrected chi connectivity index (χ4v) is 0.832. The first-order chi connectivity index (χ1) is 6.38. The maximum absolute atomic E-state index is 12.4. The van der Waals surface area contributed by atoms with Crippen LogP contribution in [0.2, 0.25) is 0 Å². The van der Waals surface area contributed by atoms with Crippen molar-refractivity contribution in [1.82, 2.24) is 0 Å². The van der Waals surface area contributed by atoms with E-state index in [1.807, 2.05) is 0 Å². The monoisotopic (exact) mass is 271 g/mol. The molecule has 0 amide bonds. The third kappa shape index (κ3) is 5.27. The van der Waals surface area contributed by atoms with Gasteiger partial charge in [0.15, 0.2) is 0 Å². The molecule has 2 nitrogen and oxygen atoms in total. The smallest absolute Gasteiger partial charge is 0.389 e. The third-order valence-electron chi connectivity index (χ3n) is 2.09. The van der Waals surface area contributed by atoms with Crippen LogP contribution in [0.3, 0.4) is 0 Å². The van der Waals surface area contributed by atoms with Gasteiger partial charge in [-0.1, -0.05) is 0 Å². The fraction of sp³-hybridized carbons (Fsp3) is 1.00. The molecule has 0 aliphatic carbocycles. The predicted octanol–water partition coefficient (Wildman–Crippen LogP) is 2.48. The molecule has 0 heterocycles. The van der Waals surface area contributed by atoms with E-state index in [2.05, 4.69) is 0 Å². The summed E-state index contributed by atoms with van der Waals surface area (Å²) < 4.78 is 60.0. The summed E-state index contributed by atoms with van der Waals surface area (Å²) >= 11 is 0. The van der Waals surface area contributed by atoms with E-state index >= 15 is 0 Å². The average Bonchev–Trinajstić information content (AvgIpc) is 1.96. The lowest BCUT2D eigenvalue weighted by molar-refractivity contribution is -0.285. The number of halogens is 6. The van der Waals surface area contributed by atoms with Crippen LogP contribution in [0.25, 0.3) is 0 Å². The van der Waals surface area contributed by atoms with Crippen molar-refractivity contribution in [3.63, 3.8) is 0 Å². The molecule has 1 unspecified atom stereocenters. The number of rotatable bonds is 4. The van der Waals surface area contributed by atoms with E-state index in [1.165, 1.54) is 13.8 Å². The summed E-state index contributed by atoms with van der Waals surface area (Å²) in [5.74, 6) is -4.75. The Bertz CT molecular complexity index is 213. The van der Waals surface area contributed by atoms with Crippen LogP contribution in [0.5, 0.6) is 0 Å². The Labute approximate surface area is 96.4 Å². The van der Waals surface area contributed by atoms with Crippen LogP contribution in [0.1, 0.15) is 26.7 Å². The van der Waals surface area contributed by atoms with Crippen molar-refractivity contribution in [3.8, 4) is 0 Å². The van der Waals surface area contributed by atoms with Crippen LogP contribution < -0.4 is 5.73 Å². The fourth-order valence-electron chi connectivity index (χ4n) is 0.832. The highest BCUT2D eigenvalue weighted by Crippen LogP contribution is 2.39. The molecule has 8 heteroatoms. The highest BCUT2D eigenvalue weighted by Gasteiger charge is 2.56. The molecule has 0 saturated carbocycles. The molecule has 0 spiro atoms. The number of alkyl halides is 5. The minimum absolute atomic E-state index is 0. The summed E-state index contributed by atoms with van der Waals surface area (Å²) in [4.78, 5) is 0. The van der Waals surface area contributed by atoms with Crippen molar-refractivity contribution in [2.24, 2.45) is 5.73 Å². The van der Waals surface area contributed by atoms with Gasteiger partial charge in [0.25, 0.3) is 0 Å². The van der Waals surface area contributed by atoms with Crippen LogP contribution in [0.4, 0.5) is 22.0 Å². The topological polar surface area (TPSA) is 46.2 Å². The standard InChI is InChI=1S/C8H14F5NO.ClH/c1-6(2,15)5(14)3-4-7(9,10)8(11,12)13;/h5,15H,3-4,14H2,1-2H3;1H. The van der Waals surface area contributed by atoms with Crippen LogP contribution in [0, 0.1) is 0 Å². The van der Waals surface area contributed by atoms with E-state index in [9.17, 15) is 27.1 Å². The molecule has 0 saturated heterocycles. The lowest BCUT2D eigenvalue weighted by Gasteiger charge is -2.27. The molecule has 0 aliphatic rings. The van der Waals surface area contributed by atoms with Gasteiger partial charge in [-0.05, 0) is 20.3 Å². The lowest BCUT2D eigenvalue weighted by atomic mass is 9.94. The van der Waals surface area contributed by atoms with Gasteiger partial charge in [0.2, 0.25) is 0 Å². The molecule has 0 radical (unpaired) electrons. The van der Waals surface area contributed by atoms with Gasteiger partial charge in [-0.2, -0.15) is 22.0 Å². The Balaban J connectivity index is 0. The molecule has 0 aromatic carbocycles. The molecule has 16 heavy (non-hydrogen) atoms. The zero-order valence-corrected chi connectivity index (χ0v) is 9.63. The van der Waals surface area contributed by atoms with Gasteiger partial charge in [0.1, 0.15) is 0 Å². The Morgan fingerprint density at radius 3 is 1.75 bits per heavy atom. The number of aliphatic hydroxyl groups is 1. The SMILES string of the molecule is CC(C)(O)C(N)CCC(F)(F)C(F)(F)F.Cl. The molecule has 3 N–H and O–H groups in total. The summed E-state index contributed by atoms with van der Waals surface area (Å²) in [6.07, 6.45) is -7.58. The van der Waals surface area contributed by atoms with Crippen molar-refractivity contribution >= 4 is 12.4 Å². The third-order valence-corrected chi connectivity index (χ3v) is 2.09. The maximum Gasteiger partial charge on any atom is 0.453 e. The maximum atomic E-state index is 12.4. The molecule has 100 valence electrons. The van der Waals surface area contributed by atoms with Gasteiger partial charge in [-0.25, -0.2) is 0 Å². The van der Waals surface area contributed by atoms with Gasteiger partial charge in [0, 0.05) is 12.5 Å². The molecule has 0 aromatic heterocycles. The van der Waals surface area contributed by atoms with Crippen LogP contribution >= 0.6 is 12.4 Å². The van der Waals surface area contributed by atoms with E-state index in [1.54, 1.807) is 0 Å². The van der Waals surface area contributed by atoms with Crippen molar-refractivity contribution in [1.29, 1.82) is 0 Å². The molecular weight excluding hydrogens is 257 g/mol. The van der Waals surface area contributed by atoms with E-state index in [-0.39, 0.29) is 12.4 Å². The number of nitrogens with two attached hydrogens (primary N) is 1. The Morgan fingerprint density at radius 2 is 1.50 bits per heavy atom. The second kappa shape index (κ2) is 5.46. The first-order valence-electron chi connectivity index (χ1n) is 4.30. The summed E-state index contributed by atoms with van der Waals surface area (Å²) in [5.41, 5.74) is 3.78. The first-order valence-corrected chi connectivity index (χ1v) is 4.30. The van der Waals surface area contributed by atoms with Crippen LogP contribution in [-0.4, -0.2) is 28.8 Å². The zero-order chi connectivity index (χ0) is 12.5. The molecule has 0 aromatic rings. The summed E-state index contributed by atoms with van der Waals surface area (Å²) in [5, 5.41) is 9.23. The van der Waals surface area contributed by atoms with Crippen LogP contribution in [0.15, 0.2) is 0 Å². The average molecular weight is 272 g/mol. The summed E-state index contributed by atoms with van der Waals surface area (Å²) in [7, 11) is 0.